The number of carbonyl (C=O) groups is 1. The van der Waals surface area contributed by atoms with Gasteiger partial charge in [0.2, 0.25) is 0 Å². The summed E-state index contributed by atoms with van der Waals surface area (Å²) in [4.78, 5) is 12.6. The van der Waals surface area contributed by atoms with Crippen LogP contribution in [-0.2, 0) is 19.0 Å². The van der Waals surface area contributed by atoms with Crippen molar-refractivity contribution in [2.45, 2.75) is 86.8 Å². The van der Waals surface area contributed by atoms with Gasteiger partial charge in [0.05, 0.1) is 12.2 Å². The number of rotatable bonds is 6. The van der Waals surface area contributed by atoms with E-state index in [1.807, 2.05) is 13.8 Å². The molecular formula is C20H31IO5. The van der Waals surface area contributed by atoms with Crippen LogP contribution >= 0.6 is 22.6 Å². The van der Waals surface area contributed by atoms with Gasteiger partial charge in [-0.05, 0) is 51.4 Å². The van der Waals surface area contributed by atoms with Crippen LogP contribution in [0.3, 0.4) is 0 Å². The van der Waals surface area contributed by atoms with Gasteiger partial charge in [0, 0.05) is 11.8 Å². The first-order valence-electron chi connectivity index (χ1n) is 10.1. The molecule has 4 aliphatic rings. The second-order valence-corrected chi connectivity index (χ2v) is 11.6. The maximum absolute atomic E-state index is 12.6. The molecular weight excluding hydrogens is 447 g/mol. The van der Waals surface area contributed by atoms with Crippen LogP contribution in [0.25, 0.3) is 0 Å². The van der Waals surface area contributed by atoms with Crippen molar-refractivity contribution in [2.75, 3.05) is 6.61 Å². The molecule has 3 saturated carbocycles. The Morgan fingerprint density at radius 1 is 1.35 bits per heavy atom. The van der Waals surface area contributed by atoms with Gasteiger partial charge in [0.15, 0.2) is 6.29 Å². The van der Waals surface area contributed by atoms with Gasteiger partial charge in [0.25, 0.3) is 0 Å². The third kappa shape index (κ3) is 3.12. The lowest BCUT2D eigenvalue weighted by Gasteiger charge is -2.36. The van der Waals surface area contributed by atoms with Gasteiger partial charge >= 0.3 is 5.97 Å². The number of fused-ring (bicyclic) bond motifs is 1. The summed E-state index contributed by atoms with van der Waals surface area (Å²) < 4.78 is 17.7. The van der Waals surface area contributed by atoms with Crippen LogP contribution in [0.2, 0.25) is 0 Å². The molecule has 0 radical (unpaired) electrons. The van der Waals surface area contributed by atoms with Crippen LogP contribution in [0.15, 0.2) is 0 Å². The Morgan fingerprint density at radius 3 is 2.69 bits per heavy atom. The zero-order valence-electron chi connectivity index (χ0n) is 15.9. The quantitative estimate of drug-likeness (QED) is 0.360. The van der Waals surface area contributed by atoms with E-state index >= 15 is 0 Å². The number of alkyl halides is 1. The first kappa shape index (κ1) is 19.4. The largest absolute Gasteiger partial charge is 0.458 e. The molecule has 0 amide bonds. The highest BCUT2D eigenvalue weighted by molar-refractivity contribution is 14.1. The van der Waals surface area contributed by atoms with Gasteiger partial charge in [0.1, 0.15) is 15.6 Å². The minimum Gasteiger partial charge on any atom is -0.458 e. The lowest BCUT2D eigenvalue weighted by molar-refractivity contribution is -0.167. The molecule has 0 aromatic heterocycles. The highest BCUT2D eigenvalue weighted by Crippen LogP contribution is 2.60. The molecule has 4 rings (SSSR count). The lowest BCUT2D eigenvalue weighted by Crippen LogP contribution is -2.45. The second kappa shape index (κ2) is 6.85. The summed E-state index contributed by atoms with van der Waals surface area (Å²) in [5, 5.41) is 10.5. The topological polar surface area (TPSA) is 65.0 Å². The first-order chi connectivity index (χ1) is 12.3. The van der Waals surface area contributed by atoms with Crippen molar-refractivity contribution in [3.63, 3.8) is 0 Å². The molecule has 1 saturated heterocycles. The average molecular weight is 478 g/mol. The summed E-state index contributed by atoms with van der Waals surface area (Å²) >= 11 is 2.18. The molecule has 8 unspecified atom stereocenters. The molecule has 6 heteroatoms. The second-order valence-electron chi connectivity index (χ2n) is 9.18. The van der Waals surface area contributed by atoms with Crippen LogP contribution in [0.1, 0.15) is 59.3 Å². The van der Waals surface area contributed by atoms with E-state index in [2.05, 4.69) is 29.5 Å². The SMILES string of the molecule is CCC(C)(I)C(=O)OC1C2CC3C1OC(O)C3C2COC1(C)CCCC1. The van der Waals surface area contributed by atoms with Crippen LogP contribution in [-0.4, -0.2) is 45.2 Å². The Hall–Kier alpha value is 0.0800. The third-order valence-electron chi connectivity index (χ3n) is 7.49. The van der Waals surface area contributed by atoms with Gasteiger partial charge in [-0.3, -0.25) is 4.79 Å². The highest BCUT2D eigenvalue weighted by Gasteiger charge is 2.67. The van der Waals surface area contributed by atoms with Gasteiger partial charge in [-0.1, -0.05) is 42.4 Å². The van der Waals surface area contributed by atoms with Crippen LogP contribution in [0.5, 0.6) is 0 Å². The lowest BCUT2D eigenvalue weighted by atomic mass is 9.78. The molecule has 0 aromatic rings. The number of hydrogen-bond donors (Lipinski definition) is 1. The van der Waals surface area contributed by atoms with E-state index in [4.69, 9.17) is 14.2 Å². The number of esters is 1. The molecule has 5 nitrogen and oxygen atoms in total. The van der Waals surface area contributed by atoms with Crippen molar-refractivity contribution in [2.24, 2.45) is 23.7 Å². The molecule has 148 valence electrons. The maximum atomic E-state index is 12.6. The number of aliphatic hydroxyl groups is 1. The highest BCUT2D eigenvalue weighted by atomic mass is 127. The smallest absolute Gasteiger partial charge is 0.322 e. The fourth-order valence-electron chi connectivity index (χ4n) is 5.66. The van der Waals surface area contributed by atoms with Crippen LogP contribution in [0, 0.1) is 23.7 Å². The Balaban J connectivity index is 1.47. The number of aliphatic hydroxyl groups excluding tert-OH is 1. The average Bonchev–Trinajstić information content (AvgIpc) is 3.31. The van der Waals surface area contributed by atoms with Crippen LogP contribution in [0.4, 0.5) is 0 Å². The van der Waals surface area contributed by atoms with Gasteiger partial charge in [-0.15, -0.1) is 0 Å². The molecule has 1 N–H and O–H groups in total. The van der Waals surface area contributed by atoms with Crippen molar-refractivity contribution in [1.29, 1.82) is 0 Å². The fourth-order valence-corrected chi connectivity index (χ4v) is 5.79. The molecule has 8 atom stereocenters. The van der Waals surface area contributed by atoms with E-state index in [1.54, 1.807) is 0 Å². The summed E-state index contributed by atoms with van der Waals surface area (Å²) in [6.07, 6.45) is 5.25. The third-order valence-corrected chi connectivity index (χ3v) is 8.70. The minimum atomic E-state index is -0.749. The molecule has 0 aromatic carbocycles. The van der Waals surface area contributed by atoms with E-state index in [-0.39, 0.29) is 41.5 Å². The first-order valence-corrected chi connectivity index (χ1v) is 11.2. The van der Waals surface area contributed by atoms with Crippen LogP contribution < -0.4 is 0 Å². The molecule has 4 fully saturated rings. The molecule has 26 heavy (non-hydrogen) atoms. The van der Waals surface area contributed by atoms with E-state index in [0.717, 1.165) is 25.7 Å². The van der Waals surface area contributed by atoms with E-state index in [1.165, 1.54) is 12.8 Å². The zero-order valence-corrected chi connectivity index (χ0v) is 18.1. The number of carbonyl (C=O) groups excluding carboxylic acids is 1. The number of ether oxygens (including phenoxy) is 3. The van der Waals surface area contributed by atoms with E-state index in [0.29, 0.717) is 12.5 Å². The van der Waals surface area contributed by atoms with E-state index in [9.17, 15) is 9.90 Å². The monoisotopic (exact) mass is 478 g/mol. The summed E-state index contributed by atoms with van der Waals surface area (Å²) in [7, 11) is 0. The minimum absolute atomic E-state index is 0.0270. The Kier molecular flexibility index (Phi) is 5.11. The van der Waals surface area contributed by atoms with E-state index < -0.39 is 9.71 Å². The Labute approximate surface area is 169 Å². The summed E-state index contributed by atoms with van der Waals surface area (Å²) in [6, 6.07) is 0. The molecule has 0 spiro atoms. The Morgan fingerprint density at radius 2 is 2.04 bits per heavy atom. The molecule has 3 aliphatic carbocycles. The molecule has 2 bridgehead atoms. The molecule has 1 heterocycles. The predicted molar refractivity (Wildman–Crippen MR) is 105 cm³/mol. The maximum Gasteiger partial charge on any atom is 0.322 e. The normalized spacial score (nSPS) is 45.0. The zero-order chi connectivity index (χ0) is 18.7. The fraction of sp³-hybridized carbons (Fsp3) is 0.950. The summed E-state index contributed by atoms with van der Waals surface area (Å²) in [5.74, 6) is 0.709. The van der Waals surface area contributed by atoms with Crippen molar-refractivity contribution >= 4 is 28.6 Å². The van der Waals surface area contributed by atoms with Crippen molar-refractivity contribution in [3.8, 4) is 0 Å². The summed E-state index contributed by atoms with van der Waals surface area (Å²) in [5.41, 5.74) is -0.0270. The predicted octanol–water partition coefficient (Wildman–Crippen LogP) is 3.45. The van der Waals surface area contributed by atoms with Gasteiger partial charge < -0.3 is 19.3 Å². The number of halogens is 1. The van der Waals surface area contributed by atoms with Crippen molar-refractivity contribution in [1.82, 2.24) is 0 Å². The number of hydrogen-bond acceptors (Lipinski definition) is 5. The van der Waals surface area contributed by atoms with Gasteiger partial charge in [-0.25, -0.2) is 0 Å². The van der Waals surface area contributed by atoms with Crippen molar-refractivity contribution < 1.29 is 24.1 Å². The molecule has 1 aliphatic heterocycles. The summed E-state index contributed by atoms with van der Waals surface area (Å²) in [6.45, 7) is 6.76. The van der Waals surface area contributed by atoms with Gasteiger partial charge in [-0.2, -0.15) is 0 Å². The Bertz CT molecular complexity index is 558. The van der Waals surface area contributed by atoms with Crippen molar-refractivity contribution in [3.05, 3.63) is 0 Å². The standard InChI is InChI=1S/C20H31IO5/c1-4-20(3,21)18(23)26-15-11-9-12-14(17(22)25-16(12)15)13(11)10-24-19(2)7-5-6-8-19/h11-17,22H,4-10H2,1-3H3.